The fourth-order valence-electron chi connectivity index (χ4n) is 1.82. The molecule has 2 rings (SSSR count). The minimum Gasteiger partial charge on any atom is -0.388 e. The summed E-state index contributed by atoms with van der Waals surface area (Å²) >= 11 is 5.94. The van der Waals surface area contributed by atoms with E-state index in [1.807, 2.05) is 6.92 Å². The van der Waals surface area contributed by atoms with Crippen LogP contribution in [0, 0.1) is 17.0 Å². The van der Waals surface area contributed by atoms with Crippen molar-refractivity contribution in [2.45, 2.75) is 13.5 Å². The van der Waals surface area contributed by atoms with Crippen molar-refractivity contribution >= 4 is 23.0 Å². The van der Waals surface area contributed by atoms with Crippen LogP contribution < -0.4 is 5.32 Å². The predicted octanol–water partition coefficient (Wildman–Crippen LogP) is 2.84. The van der Waals surface area contributed by atoms with Crippen LogP contribution in [0.15, 0.2) is 24.4 Å². The molecule has 0 saturated carbocycles. The van der Waals surface area contributed by atoms with E-state index < -0.39 is 4.92 Å². The number of hydrogen-bond donors (Lipinski definition) is 1. The molecule has 1 heterocycles. The van der Waals surface area contributed by atoms with E-state index in [1.54, 1.807) is 24.0 Å². The van der Waals surface area contributed by atoms with Gasteiger partial charge in [0.15, 0.2) is 0 Å². The van der Waals surface area contributed by atoms with Gasteiger partial charge >= 0.3 is 0 Å². The molecule has 0 aliphatic heterocycles. The molecule has 0 fully saturated rings. The minimum absolute atomic E-state index is 0.0592. The second kappa shape index (κ2) is 5.27. The lowest BCUT2D eigenvalue weighted by Gasteiger charge is -2.09. The highest BCUT2D eigenvalue weighted by molar-refractivity contribution is 6.31. The third-order valence-corrected chi connectivity index (χ3v) is 3.16. The van der Waals surface area contributed by atoms with E-state index in [4.69, 9.17) is 11.6 Å². The number of non-ortho nitro benzene ring substituents is 1. The SMILES string of the molecule is CNc1ccc([N+](=O)[O-])cc1Cn1cc(Cl)c(C)n1. The fourth-order valence-corrected chi connectivity index (χ4v) is 1.97. The number of hydrogen-bond acceptors (Lipinski definition) is 4. The summed E-state index contributed by atoms with van der Waals surface area (Å²) in [6, 6.07) is 4.69. The van der Waals surface area contributed by atoms with Crippen molar-refractivity contribution in [1.29, 1.82) is 0 Å². The van der Waals surface area contributed by atoms with E-state index in [2.05, 4.69) is 10.4 Å². The zero-order valence-corrected chi connectivity index (χ0v) is 11.3. The van der Waals surface area contributed by atoms with Crippen molar-refractivity contribution in [2.24, 2.45) is 0 Å². The molecule has 1 N–H and O–H groups in total. The number of nitrogens with one attached hydrogen (secondary N) is 1. The standard InChI is InChI=1S/C12H13ClN4O2/c1-8-11(13)7-16(15-8)6-9-5-10(17(18)19)3-4-12(9)14-2/h3-5,7,14H,6H2,1-2H3. The molecule has 0 spiro atoms. The molecule has 0 aliphatic carbocycles. The Balaban J connectivity index is 2.36. The predicted molar refractivity (Wildman–Crippen MR) is 73.7 cm³/mol. The number of aromatic nitrogens is 2. The molecule has 0 radical (unpaired) electrons. The van der Waals surface area contributed by atoms with Crippen LogP contribution in [0.2, 0.25) is 5.02 Å². The van der Waals surface area contributed by atoms with Gasteiger partial charge in [-0.2, -0.15) is 5.10 Å². The number of nitro benzene ring substituents is 1. The molecular formula is C12H13ClN4O2. The van der Waals surface area contributed by atoms with Crippen LogP contribution in [0.5, 0.6) is 0 Å². The molecule has 0 unspecified atom stereocenters. The first-order valence-electron chi connectivity index (χ1n) is 5.66. The number of rotatable bonds is 4. The fraction of sp³-hybridized carbons (Fsp3) is 0.250. The first-order chi connectivity index (χ1) is 9.01. The Bertz CT molecular complexity index is 605. The molecule has 0 amide bonds. The van der Waals surface area contributed by atoms with Crippen LogP contribution in [-0.2, 0) is 6.54 Å². The van der Waals surface area contributed by atoms with Gasteiger partial charge in [-0.25, -0.2) is 0 Å². The van der Waals surface area contributed by atoms with E-state index in [0.717, 1.165) is 16.9 Å². The molecule has 0 bridgehead atoms. The second-order valence-corrected chi connectivity index (χ2v) is 4.52. The van der Waals surface area contributed by atoms with Gasteiger partial charge in [0.25, 0.3) is 5.69 Å². The molecule has 6 nitrogen and oxygen atoms in total. The van der Waals surface area contributed by atoms with Crippen molar-refractivity contribution in [1.82, 2.24) is 9.78 Å². The van der Waals surface area contributed by atoms with Crippen molar-refractivity contribution < 1.29 is 4.92 Å². The Kier molecular flexibility index (Phi) is 3.71. The number of aryl methyl sites for hydroxylation is 1. The summed E-state index contributed by atoms with van der Waals surface area (Å²) in [6.45, 7) is 2.23. The molecule has 19 heavy (non-hydrogen) atoms. The summed E-state index contributed by atoms with van der Waals surface area (Å²) in [5, 5.41) is 18.6. The van der Waals surface area contributed by atoms with E-state index in [1.165, 1.54) is 12.1 Å². The number of anilines is 1. The zero-order valence-electron chi connectivity index (χ0n) is 10.6. The lowest BCUT2D eigenvalue weighted by atomic mass is 10.1. The molecule has 1 aromatic heterocycles. The maximum atomic E-state index is 10.8. The third-order valence-electron chi connectivity index (χ3n) is 2.79. The van der Waals surface area contributed by atoms with Crippen molar-refractivity contribution in [2.75, 3.05) is 12.4 Å². The smallest absolute Gasteiger partial charge is 0.269 e. The molecule has 0 saturated heterocycles. The monoisotopic (exact) mass is 280 g/mol. The number of benzene rings is 1. The minimum atomic E-state index is -0.412. The van der Waals surface area contributed by atoms with Gasteiger partial charge in [0.2, 0.25) is 0 Å². The second-order valence-electron chi connectivity index (χ2n) is 4.11. The van der Waals surface area contributed by atoms with Gasteiger partial charge in [0, 0.05) is 36.6 Å². The van der Waals surface area contributed by atoms with Crippen LogP contribution in [0.25, 0.3) is 0 Å². The Hall–Kier alpha value is -2.08. The number of nitro groups is 1. The summed E-state index contributed by atoms with van der Waals surface area (Å²) in [7, 11) is 1.77. The van der Waals surface area contributed by atoms with Crippen LogP contribution >= 0.6 is 11.6 Å². The van der Waals surface area contributed by atoms with E-state index >= 15 is 0 Å². The highest BCUT2D eigenvalue weighted by Gasteiger charge is 2.11. The molecule has 0 atom stereocenters. The number of nitrogens with zero attached hydrogens (tertiary/aromatic N) is 3. The molecule has 2 aromatic rings. The first kappa shape index (κ1) is 13.4. The quantitative estimate of drug-likeness (QED) is 0.690. The van der Waals surface area contributed by atoms with Crippen LogP contribution in [0.3, 0.4) is 0 Å². The Morgan fingerprint density at radius 3 is 2.79 bits per heavy atom. The lowest BCUT2D eigenvalue weighted by Crippen LogP contribution is -2.05. The third kappa shape index (κ3) is 2.85. The average Bonchev–Trinajstić information content (AvgIpc) is 2.68. The highest BCUT2D eigenvalue weighted by Crippen LogP contribution is 2.23. The Labute approximate surface area is 115 Å². The molecule has 1 aromatic carbocycles. The normalized spacial score (nSPS) is 10.5. The lowest BCUT2D eigenvalue weighted by molar-refractivity contribution is -0.384. The van der Waals surface area contributed by atoms with Crippen molar-refractivity contribution in [3.63, 3.8) is 0 Å². The van der Waals surface area contributed by atoms with Crippen LogP contribution in [0.1, 0.15) is 11.3 Å². The van der Waals surface area contributed by atoms with Crippen molar-refractivity contribution in [3.8, 4) is 0 Å². The van der Waals surface area contributed by atoms with E-state index in [9.17, 15) is 10.1 Å². The number of halogens is 1. The van der Waals surface area contributed by atoms with Gasteiger partial charge in [0.1, 0.15) is 0 Å². The van der Waals surface area contributed by atoms with Gasteiger partial charge in [0.05, 0.1) is 22.2 Å². The van der Waals surface area contributed by atoms with Crippen molar-refractivity contribution in [3.05, 3.63) is 50.8 Å². The summed E-state index contributed by atoms with van der Waals surface area (Å²) in [4.78, 5) is 10.4. The summed E-state index contributed by atoms with van der Waals surface area (Å²) in [5.74, 6) is 0. The molecular weight excluding hydrogens is 268 g/mol. The first-order valence-corrected chi connectivity index (χ1v) is 6.03. The Morgan fingerprint density at radius 1 is 1.53 bits per heavy atom. The molecule has 0 aliphatic rings. The maximum absolute atomic E-state index is 10.8. The summed E-state index contributed by atoms with van der Waals surface area (Å²) in [5.41, 5.74) is 2.41. The van der Waals surface area contributed by atoms with Gasteiger partial charge in [-0.3, -0.25) is 14.8 Å². The van der Waals surface area contributed by atoms with Gasteiger partial charge in [-0.05, 0) is 13.0 Å². The van der Waals surface area contributed by atoms with Crippen LogP contribution in [-0.4, -0.2) is 21.8 Å². The topological polar surface area (TPSA) is 73.0 Å². The highest BCUT2D eigenvalue weighted by atomic mass is 35.5. The van der Waals surface area contributed by atoms with Crippen LogP contribution in [0.4, 0.5) is 11.4 Å². The summed E-state index contributed by atoms with van der Waals surface area (Å²) in [6.07, 6.45) is 1.70. The summed E-state index contributed by atoms with van der Waals surface area (Å²) < 4.78 is 1.66. The van der Waals surface area contributed by atoms with E-state index in [0.29, 0.717) is 11.6 Å². The largest absolute Gasteiger partial charge is 0.388 e. The molecule has 100 valence electrons. The average molecular weight is 281 g/mol. The molecule has 7 heteroatoms. The van der Waals surface area contributed by atoms with Gasteiger partial charge in [-0.1, -0.05) is 11.6 Å². The van der Waals surface area contributed by atoms with Gasteiger partial charge < -0.3 is 5.32 Å². The van der Waals surface area contributed by atoms with Gasteiger partial charge in [-0.15, -0.1) is 0 Å². The zero-order chi connectivity index (χ0) is 14.0. The van der Waals surface area contributed by atoms with E-state index in [-0.39, 0.29) is 5.69 Å². The Morgan fingerprint density at radius 2 is 2.26 bits per heavy atom. The maximum Gasteiger partial charge on any atom is 0.269 e.